The number of benzene rings is 1. The number of nitrogens with zero attached hydrogens (tertiary/aromatic N) is 1. The highest BCUT2D eigenvalue weighted by atomic mass is 32.2. The van der Waals surface area contributed by atoms with Crippen molar-refractivity contribution in [3.05, 3.63) is 42.2 Å². The normalized spacial score (nSPS) is 25.9. The second kappa shape index (κ2) is 12.3. The van der Waals surface area contributed by atoms with E-state index < -0.39 is 50.6 Å². The number of sulfonamides is 1. The molecule has 5 N–H and O–H groups in total. The van der Waals surface area contributed by atoms with Gasteiger partial charge in [-0.1, -0.05) is 31.1 Å². The van der Waals surface area contributed by atoms with E-state index >= 15 is 0 Å². The van der Waals surface area contributed by atoms with Crippen molar-refractivity contribution < 1.29 is 32.3 Å². The Morgan fingerprint density at radius 3 is 2.65 bits per heavy atom. The lowest BCUT2D eigenvalue weighted by molar-refractivity contribution is -0.138. The number of unbranched alkanes of at least 4 members (excludes halogenated alkanes) is 3. The molecule has 2 aliphatic carbocycles. The number of carbonyl (C=O) groups is 3. The van der Waals surface area contributed by atoms with Crippen molar-refractivity contribution in [3.63, 3.8) is 0 Å². The molecule has 1 aliphatic heterocycles. The number of primary amides is 1. The third-order valence-electron chi connectivity index (χ3n) is 8.12. The van der Waals surface area contributed by atoms with Crippen molar-refractivity contribution in [1.82, 2.24) is 9.62 Å². The molecule has 3 aliphatic rings. The molecule has 5 atom stereocenters. The lowest BCUT2D eigenvalue weighted by atomic mass is 10.0. The summed E-state index contributed by atoms with van der Waals surface area (Å²) < 4.78 is 39.6. The second-order valence-electron chi connectivity index (χ2n) is 11.5. The summed E-state index contributed by atoms with van der Waals surface area (Å²) in [6.07, 6.45) is 8.60. The zero-order valence-corrected chi connectivity index (χ0v) is 23.5. The first-order valence-electron chi connectivity index (χ1n) is 13.9. The highest BCUT2D eigenvalue weighted by molar-refractivity contribution is 7.91. The van der Waals surface area contributed by atoms with Crippen molar-refractivity contribution in [2.45, 2.75) is 87.6 Å². The Morgan fingerprint density at radius 1 is 1.23 bits per heavy atom. The van der Waals surface area contributed by atoms with Crippen LogP contribution in [-0.4, -0.2) is 65.6 Å². The van der Waals surface area contributed by atoms with Crippen molar-refractivity contribution in [2.24, 2.45) is 17.6 Å². The van der Waals surface area contributed by atoms with Gasteiger partial charge in [0.2, 0.25) is 27.7 Å². The molecule has 1 heterocycles. The number of β-amino-alcohol motifs (C(OH)–C–C–N with tert-alkyl or cyclic N) is 1. The molecule has 0 aromatic heterocycles. The summed E-state index contributed by atoms with van der Waals surface area (Å²) >= 11 is 0. The van der Waals surface area contributed by atoms with Crippen molar-refractivity contribution in [3.8, 4) is 0 Å². The Bertz CT molecular complexity index is 1250. The van der Waals surface area contributed by atoms with Gasteiger partial charge in [-0.25, -0.2) is 12.8 Å². The van der Waals surface area contributed by atoms with E-state index in [-0.39, 0.29) is 30.7 Å². The molecule has 1 aromatic rings. The standard InChI is InChI=1S/C28H39FN4O6S/c1-28(12-13-28)40(38,39)32-26(36)22-14-18(22)8-5-3-2-4-6-11-23(31-20-10-7-9-19(29)15-20)27(37)33-17-21(34)16-24(33)25(30)35/h5,7-10,15,18,21-24,31,34H,2-4,6,11-14,16-17H2,1H3,(H2,30,35)(H,32,36). The Morgan fingerprint density at radius 2 is 1.98 bits per heavy atom. The lowest BCUT2D eigenvalue weighted by Crippen LogP contribution is -2.49. The van der Waals surface area contributed by atoms with Crippen LogP contribution in [0.3, 0.4) is 0 Å². The van der Waals surface area contributed by atoms with Crippen LogP contribution < -0.4 is 15.8 Å². The van der Waals surface area contributed by atoms with E-state index in [2.05, 4.69) is 10.0 Å². The van der Waals surface area contributed by atoms with Gasteiger partial charge in [-0.05, 0) is 69.6 Å². The van der Waals surface area contributed by atoms with Gasteiger partial charge in [0.15, 0.2) is 0 Å². The first-order chi connectivity index (χ1) is 18.9. The van der Waals surface area contributed by atoms with Gasteiger partial charge in [-0.3, -0.25) is 19.1 Å². The summed E-state index contributed by atoms with van der Waals surface area (Å²) in [7, 11) is -3.61. The summed E-state index contributed by atoms with van der Waals surface area (Å²) in [6.45, 7) is 1.67. The quantitative estimate of drug-likeness (QED) is 0.195. The van der Waals surface area contributed by atoms with Gasteiger partial charge in [0, 0.05) is 24.6 Å². The van der Waals surface area contributed by atoms with Gasteiger partial charge in [0.25, 0.3) is 0 Å². The maximum absolute atomic E-state index is 13.7. The zero-order chi connectivity index (χ0) is 29.1. The van der Waals surface area contributed by atoms with Gasteiger partial charge in [-0.15, -0.1) is 0 Å². The Balaban J connectivity index is 1.22. The number of nitrogens with two attached hydrogens (primary N) is 1. The third-order valence-corrected chi connectivity index (χ3v) is 10.3. The van der Waals surface area contributed by atoms with Gasteiger partial charge < -0.3 is 21.1 Å². The van der Waals surface area contributed by atoms with E-state index in [1.165, 1.54) is 23.1 Å². The van der Waals surface area contributed by atoms with Crippen LogP contribution in [0, 0.1) is 17.7 Å². The molecule has 0 radical (unpaired) electrons. The smallest absolute Gasteiger partial charge is 0.245 e. The van der Waals surface area contributed by atoms with Crippen LogP contribution in [0.4, 0.5) is 10.1 Å². The summed E-state index contributed by atoms with van der Waals surface area (Å²) in [5, 5.41) is 13.1. The minimum atomic E-state index is -3.61. The molecule has 4 rings (SSSR count). The van der Waals surface area contributed by atoms with E-state index in [1.807, 2.05) is 12.2 Å². The van der Waals surface area contributed by atoms with Crippen LogP contribution in [0.25, 0.3) is 0 Å². The van der Waals surface area contributed by atoms with E-state index in [0.29, 0.717) is 37.8 Å². The predicted molar refractivity (Wildman–Crippen MR) is 148 cm³/mol. The van der Waals surface area contributed by atoms with Gasteiger partial charge >= 0.3 is 0 Å². The highest BCUT2D eigenvalue weighted by Crippen LogP contribution is 2.44. The Kier molecular flexibility index (Phi) is 9.19. The van der Waals surface area contributed by atoms with Crippen LogP contribution in [0.5, 0.6) is 0 Å². The molecule has 40 heavy (non-hydrogen) atoms. The van der Waals surface area contributed by atoms with Crippen molar-refractivity contribution in [1.29, 1.82) is 0 Å². The number of hydrogen-bond donors (Lipinski definition) is 4. The van der Waals surface area contributed by atoms with Crippen LogP contribution in [-0.2, 0) is 24.4 Å². The topological polar surface area (TPSA) is 159 Å². The number of anilines is 1. The summed E-state index contributed by atoms with van der Waals surface area (Å²) in [4.78, 5) is 38.8. The molecule has 2 saturated carbocycles. The lowest BCUT2D eigenvalue weighted by Gasteiger charge is -2.28. The second-order valence-corrected chi connectivity index (χ2v) is 13.7. The first kappa shape index (κ1) is 30.0. The number of amides is 3. The summed E-state index contributed by atoms with van der Waals surface area (Å²) in [5.41, 5.74) is 5.90. The fourth-order valence-corrected chi connectivity index (χ4v) is 6.43. The van der Waals surface area contributed by atoms with E-state index in [1.54, 1.807) is 13.0 Å². The number of aliphatic hydroxyl groups excluding tert-OH is 1. The maximum atomic E-state index is 13.7. The number of carbonyl (C=O) groups excluding carboxylic acids is 3. The molecule has 1 aromatic carbocycles. The minimum Gasteiger partial charge on any atom is -0.391 e. The van der Waals surface area contributed by atoms with Crippen LogP contribution >= 0.6 is 0 Å². The number of allylic oxidation sites excluding steroid dienone is 2. The molecular weight excluding hydrogens is 539 g/mol. The average Bonchev–Trinajstić information content (AvgIpc) is 3.79. The largest absolute Gasteiger partial charge is 0.391 e. The first-order valence-corrected chi connectivity index (χ1v) is 15.4. The number of hydrogen-bond acceptors (Lipinski definition) is 7. The molecule has 12 heteroatoms. The molecular formula is C28H39FN4O6S. The maximum Gasteiger partial charge on any atom is 0.245 e. The molecule has 3 fully saturated rings. The number of rotatable bonds is 14. The molecule has 1 saturated heterocycles. The van der Waals surface area contributed by atoms with Crippen LogP contribution in [0.1, 0.15) is 64.7 Å². The number of halogens is 1. The fraction of sp³-hybridized carbons (Fsp3) is 0.607. The number of likely N-dealkylation sites (tertiary alicyclic amines) is 1. The van der Waals surface area contributed by atoms with E-state index in [9.17, 15) is 32.3 Å². The number of aliphatic hydroxyl groups is 1. The van der Waals surface area contributed by atoms with Gasteiger partial charge in [0.05, 0.1) is 10.9 Å². The summed E-state index contributed by atoms with van der Waals surface area (Å²) in [6, 6.07) is 4.20. The Hall–Kier alpha value is -2.99. The molecule has 220 valence electrons. The molecule has 10 nitrogen and oxygen atoms in total. The molecule has 5 unspecified atom stereocenters. The van der Waals surface area contributed by atoms with Gasteiger partial charge in [-0.2, -0.15) is 0 Å². The number of nitrogens with one attached hydrogen (secondary N) is 2. The van der Waals surface area contributed by atoms with Crippen molar-refractivity contribution in [2.75, 3.05) is 11.9 Å². The molecule has 0 spiro atoms. The van der Waals surface area contributed by atoms with Crippen LogP contribution in [0.15, 0.2) is 36.4 Å². The monoisotopic (exact) mass is 578 g/mol. The zero-order valence-electron chi connectivity index (χ0n) is 22.7. The van der Waals surface area contributed by atoms with Gasteiger partial charge in [0.1, 0.15) is 17.9 Å². The average molecular weight is 579 g/mol. The minimum absolute atomic E-state index is 0.0179. The van der Waals surface area contributed by atoms with Crippen LogP contribution in [0.2, 0.25) is 0 Å². The molecule has 3 amide bonds. The highest BCUT2D eigenvalue weighted by Gasteiger charge is 2.52. The Labute approximate surface area is 234 Å². The predicted octanol–water partition coefficient (Wildman–Crippen LogP) is 2.19. The fourth-order valence-electron chi connectivity index (χ4n) is 5.13. The van der Waals surface area contributed by atoms with Crippen molar-refractivity contribution >= 4 is 33.4 Å². The van der Waals surface area contributed by atoms with E-state index in [4.69, 9.17) is 5.73 Å². The summed E-state index contributed by atoms with van der Waals surface area (Å²) in [5.74, 6) is -2.15. The SMILES string of the molecule is CC1(S(=O)(=O)NC(=O)C2CC2C=CCCCCCC(Nc2cccc(F)c2)C(=O)N2CC(O)CC2C(N)=O)CC1. The molecule has 0 bridgehead atoms. The third kappa shape index (κ3) is 7.39. The van der Waals surface area contributed by atoms with E-state index in [0.717, 1.165) is 19.3 Å².